The van der Waals surface area contributed by atoms with Crippen LogP contribution in [0.5, 0.6) is 0 Å². The van der Waals surface area contributed by atoms with Gasteiger partial charge in [0.1, 0.15) is 17.2 Å². The summed E-state index contributed by atoms with van der Waals surface area (Å²) >= 11 is 5.95. The van der Waals surface area contributed by atoms with Crippen LogP contribution >= 0.6 is 11.6 Å². The molecule has 1 heterocycles. The highest BCUT2D eigenvalue weighted by Crippen LogP contribution is 2.31. The van der Waals surface area contributed by atoms with Crippen LogP contribution in [0.1, 0.15) is 5.56 Å². The van der Waals surface area contributed by atoms with Crippen molar-refractivity contribution >= 4 is 22.6 Å². The van der Waals surface area contributed by atoms with Crippen molar-refractivity contribution in [1.82, 2.24) is 5.32 Å². The van der Waals surface area contributed by atoms with Crippen LogP contribution in [0, 0.1) is 5.82 Å². The normalized spacial score (nSPS) is 11.2. The maximum atomic E-state index is 14.0. The molecule has 0 bridgehead atoms. The molecule has 0 aliphatic rings. The maximum absolute atomic E-state index is 14.0. The van der Waals surface area contributed by atoms with Crippen LogP contribution in [-0.2, 0) is 6.54 Å². The van der Waals surface area contributed by atoms with E-state index in [2.05, 4.69) is 5.32 Å². The Kier molecular flexibility index (Phi) is 3.47. The van der Waals surface area contributed by atoms with E-state index in [4.69, 9.17) is 16.0 Å². The summed E-state index contributed by atoms with van der Waals surface area (Å²) in [5.41, 5.74) is 2.16. The van der Waals surface area contributed by atoms with Crippen LogP contribution in [0.2, 0.25) is 5.02 Å². The minimum absolute atomic E-state index is 0.296. The van der Waals surface area contributed by atoms with Crippen LogP contribution in [0.25, 0.3) is 22.3 Å². The molecule has 0 radical (unpaired) electrons. The van der Waals surface area contributed by atoms with E-state index in [1.165, 1.54) is 6.07 Å². The van der Waals surface area contributed by atoms with Gasteiger partial charge in [-0.3, -0.25) is 0 Å². The number of hydrogen-bond donors (Lipinski definition) is 1. The first-order valence-corrected chi connectivity index (χ1v) is 6.67. The Morgan fingerprint density at radius 3 is 2.80 bits per heavy atom. The van der Waals surface area contributed by atoms with Crippen molar-refractivity contribution in [3.63, 3.8) is 0 Å². The van der Waals surface area contributed by atoms with E-state index < -0.39 is 0 Å². The van der Waals surface area contributed by atoms with Gasteiger partial charge in [-0.05, 0) is 49.0 Å². The average Bonchev–Trinajstić information content (AvgIpc) is 2.84. The Morgan fingerprint density at radius 2 is 2.00 bits per heavy atom. The second-order valence-corrected chi connectivity index (χ2v) is 5.07. The molecular weight excluding hydrogens is 277 g/mol. The number of nitrogens with one attached hydrogen (secondary N) is 1. The Labute approximate surface area is 121 Å². The second-order valence-electron chi connectivity index (χ2n) is 4.64. The first kappa shape index (κ1) is 13.2. The Hall–Kier alpha value is -1.84. The predicted molar refractivity (Wildman–Crippen MR) is 79.4 cm³/mol. The lowest BCUT2D eigenvalue weighted by atomic mass is 10.1. The van der Waals surface area contributed by atoms with Crippen molar-refractivity contribution in [3.05, 3.63) is 58.9 Å². The van der Waals surface area contributed by atoms with Crippen LogP contribution in [0.15, 0.2) is 46.9 Å². The van der Waals surface area contributed by atoms with Gasteiger partial charge in [0.2, 0.25) is 0 Å². The number of benzene rings is 2. The third-order valence-electron chi connectivity index (χ3n) is 3.16. The molecule has 2 nitrogen and oxygen atoms in total. The zero-order valence-corrected chi connectivity index (χ0v) is 11.7. The maximum Gasteiger partial charge on any atom is 0.138 e. The van der Waals surface area contributed by atoms with Crippen molar-refractivity contribution in [1.29, 1.82) is 0 Å². The predicted octanol–water partition coefficient (Wildman–Crippen LogP) is 4.61. The first-order valence-electron chi connectivity index (χ1n) is 6.30. The van der Waals surface area contributed by atoms with E-state index in [0.717, 1.165) is 10.9 Å². The second kappa shape index (κ2) is 5.27. The van der Waals surface area contributed by atoms with Crippen LogP contribution in [0.3, 0.4) is 0 Å². The van der Waals surface area contributed by atoms with Crippen molar-refractivity contribution in [2.24, 2.45) is 0 Å². The zero-order chi connectivity index (χ0) is 14.1. The Balaban J connectivity index is 2.12. The van der Waals surface area contributed by atoms with Gasteiger partial charge >= 0.3 is 0 Å². The zero-order valence-electron chi connectivity index (χ0n) is 10.9. The summed E-state index contributed by atoms with van der Waals surface area (Å²) in [6.07, 6.45) is 0. The van der Waals surface area contributed by atoms with Gasteiger partial charge in [-0.15, -0.1) is 0 Å². The molecule has 0 fully saturated rings. The lowest BCUT2D eigenvalue weighted by Gasteiger charge is -2.04. The standard InChI is InChI=1S/C16H13ClFNO/c1-19-9-10-2-4-14(18)13(6-10)16-8-11-7-12(17)3-5-15(11)20-16/h2-8,19H,9H2,1H3. The number of furan rings is 1. The van der Waals surface area contributed by atoms with E-state index in [-0.39, 0.29) is 5.82 Å². The van der Waals surface area contributed by atoms with Crippen molar-refractivity contribution < 1.29 is 8.81 Å². The smallest absolute Gasteiger partial charge is 0.138 e. The molecule has 4 heteroatoms. The lowest BCUT2D eigenvalue weighted by molar-refractivity contribution is 0.600. The SMILES string of the molecule is CNCc1ccc(F)c(-c2cc3cc(Cl)ccc3o2)c1. The summed E-state index contributed by atoms with van der Waals surface area (Å²) in [6, 6.07) is 12.2. The summed E-state index contributed by atoms with van der Waals surface area (Å²) in [4.78, 5) is 0. The molecule has 3 rings (SSSR count). The van der Waals surface area contributed by atoms with Crippen molar-refractivity contribution in [3.8, 4) is 11.3 Å². The molecule has 3 aromatic rings. The molecule has 0 unspecified atom stereocenters. The van der Waals surface area contributed by atoms with Crippen LogP contribution < -0.4 is 5.32 Å². The van der Waals surface area contributed by atoms with Gasteiger partial charge in [0, 0.05) is 17.0 Å². The van der Waals surface area contributed by atoms with Crippen molar-refractivity contribution in [2.45, 2.75) is 6.54 Å². The third-order valence-corrected chi connectivity index (χ3v) is 3.39. The minimum Gasteiger partial charge on any atom is -0.456 e. The lowest BCUT2D eigenvalue weighted by Crippen LogP contribution is -2.05. The molecular formula is C16H13ClFNO. The van der Waals surface area contributed by atoms with E-state index in [1.807, 2.05) is 13.1 Å². The van der Waals surface area contributed by atoms with Gasteiger partial charge in [-0.1, -0.05) is 17.7 Å². The highest BCUT2D eigenvalue weighted by Gasteiger charge is 2.12. The molecule has 0 aliphatic heterocycles. The Morgan fingerprint density at radius 1 is 1.15 bits per heavy atom. The van der Waals surface area contributed by atoms with Crippen LogP contribution in [0.4, 0.5) is 4.39 Å². The molecule has 0 saturated heterocycles. The summed E-state index contributed by atoms with van der Waals surface area (Å²) < 4.78 is 19.7. The fourth-order valence-electron chi connectivity index (χ4n) is 2.22. The fourth-order valence-corrected chi connectivity index (χ4v) is 2.40. The summed E-state index contributed by atoms with van der Waals surface area (Å²) in [7, 11) is 1.85. The molecule has 0 amide bonds. The van der Waals surface area contributed by atoms with Crippen molar-refractivity contribution in [2.75, 3.05) is 7.05 Å². The monoisotopic (exact) mass is 289 g/mol. The van der Waals surface area contributed by atoms with Gasteiger partial charge < -0.3 is 9.73 Å². The molecule has 102 valence electrons. The van der Waals surface area contributed by atoms with Gasteiger partial charge in [0.15, 0.2) is 0 Å². The van der Waals surface area contributed by atoms with Gasteiger partial charge in [-0.2, -0.15) is 0 Å². The first-order chi connectivity index (χ1) is 9.67. The number of fused-ring (bicyclic) bond motifs is 1. The number of halogens is 2. The van der Waals surface area contributed by atoms with E-state index in [9.17, 15) is 4.39 Å². The molecule has 0 spiro atoms. The molecule has 20 heavy (non-hydrogen) atoms. The average molecular weight is 290 g/mol. The summed E-state index contributed by atoms with van der Waals surface area (Å²) in [5.74, 6) is 0.215. The quantitative estimate of drug-likeness (QED) is 0.761. The summed E-state index contributed by atoms with van der Waals surface area (Å²) in [6.45, 7) is 0.680. The van der Waals surface area contributed by atoms with Gasteiger partial charge in [0.25, 0.3) is 0 Å². The molecule has 1 N–H and O–H groups in total. The molecule has 0 saturated carbocycles. The van der Waals surface area contributed by atoms with Gasteiger partial charge in [-0.25, -0.2) is 4.39 Å². The highest BCUT2D eigenvalue weighted by molar-refractivity contribution is 6.31. The number of rotatable bonds is 3. The topological polar surface area (TPSA) is 25.2 Å². The highest BCUT2D eigenvalue weighted by atomic mass is 35.5. The van der Waals surface area contributed by atoms with Crippen LogP contribution in [-0.4, -0.2) is 7.05 Å². The largest absolute Gasteiger partial charge is 0.456 e. The van der Waals surface area contributed by atoms with E-state index >= 15 is 0 Å². The fraction of sp³-hybridized carbons (Fsp3) is 0.125. The Bertz CT molecular complexity index is 766. The molecule has 0 aliphatic carbocycles. The molecule has 1 aromatic heterocycles. The third kappa shape index (κ3) is 2.42. The van der Waals surface area contributed by atoms with Gasteiger partial charge in [0.05, 0.1) is 5.56 Å². The minimum atomic E-state index is -0.296. The van der Waals surface area contributed by atoms with E-state index in [1.54, 1.807) is 30.3 Å². The molecule has 0 atom stereocenters. The molecule has 2 aromatic carbocycles. The summed E-state index contributed by atoms with van der Waals surface area (Å²) in [5, 5.41) is 4.55. The number of hydrogen-bond acceptors (Lipinski definition) is 2. The van der Waals surface area contributed by atoms with E-state index in [0.29, 0.717) is 28.5 Å².